The van der Waals surface area contributed by atoms with Crippen LogP contribution >= 0.6 is 0 Å². The summed E-state index contributed by atoms with van der Waals surface area (Å²) in [6.07, 6.45) is 4.30. The van der Waals surface area contributed by atoms with E-state index in [-0.39, 0.29) is 0 Å². The van der Waals surface area contributed by atoms with Crippen molar-refractivity contribution in [2.45, 2.75) is 32.5 Å². The molecule has 3 nitrogen and oxygen atoms in total. The van der Waals surface area contributed by atoms with Crippen molar-refractivity contribution in [1.82, 2.24) is 9.88 Å². The molecule has 104 valence electrons. The van der Waals surface area contributed by atoms with Crippen LogP contribution in [-0.2, 0) is 26.1 Å². The van der Waals surface area contributed by atoms with E-state index in [1.54, 1.807) is 0 Å². The van der Waals surface area contributed by atoms with Gasteiger partial charge in [-0.25, -0.2) is 0 Å². The highest BCUT2D eigenvalue weighted by Gasteiger charge is 2.14. The molecule has 0 amide bonds. The van der Waals surface area contributed by atoms with E-state index < -0.39 is 0 Å². The van der Waals surface area contributed by atoms with Gasteiger partial charge in [-0.2, -0.15) is 0 Å². The smallest absolute Gasteiger partial charge is 0.0544 e. The molecule has 0 unspecified atom stereocenters. The Morgan fingerprint density at radius 3 is 2.70 bits per heavy atom. The van der Waals surface area contributed by atoms with Crippen LogP contribution in [0.4, 0.5) is 0 Å². The number of fused-ring (bicyclic) bond motifs is 1. The predicted octanol–water partition coefficient (Wildman–Crippen LogP) is 2.49. The lowest BCUT2D eigenvalue weighted by atomic mass is 10.0. The fourth-order valence-corrected chi connectivity index (χ4v) is 2.80. The normalized spacial score (nSPS) is 15.7. The molecule has 2 N–H and O–H groups in total. The molecule has 0 spiro atoms. The number of aromatic nitrogens is 1. The highest BCUT2D eigenvalue weighted by Crippen LogP contribution is 2.19. The minimum Gasteiger partial charge on any atom is -0.326 e. The first-order chi connectivity index (χ1) is 9.85. The quantitative estimate of drug-likeness (QED) is 0.929. The molecule has 1 aromatic carbocycles. The van der Waals surface area contributed by atoms with Crippen LogP contribution < -0.4 is 5.73 Å². The van der Waals surface area contributed by atoms with Crippen molar-refractivity contribution in [1.29, 1.82) is 0 Å². The second kappa shape index (κ2) is 6.16. The van der Waals surface area contributed by atoms with Gasteiger partial charge in [-0.3, -0.25) is 9.88 Å². The standard InChI is InChI=1S/C17H21N3/c18-10-14-7-8-17(19-11-14)13-20-9-3-6-15-4-1-2-5-16(15)12-20/h1-2,4-5,7-8,11H,3,6,9-10,12-13,18H2. The zero-order chi connectivity index (χ0) is 13.8. The van der Waals surface area contributed by atoms with Gasteiger partial charge in [0.2, 0.25) is 0 Å². The number of benzene rings is 1. The second-order valence-electron chi connectivity index (χ2n) is 5.44. The predicted molar refractivity (Wildman–Crippen MR) is 81.0 cm³/mol. The molecule has 0 fully saturated rings. The van der Waals surface area contributed by atoms with Gasteiger partial charge in [-0.15, -0.1) is 0 Å². The molecule has 2 heterocycles. The summed E-state index contributed by atoms with van der Waals surface area (Å²) < 4.78 is 0. The van der Waals surface area contributed by atoms with Crippen molar-refractivity contribution in [3.63, 3.8) is 0 Å². The van der Waals surface area contributed by atoms with Gasteiger partial charge in [-0.1, -0.05) is 30.3 Å². The van der Waals surface area contributed by atoms with E-state index in [1.165, 1.54) is 24.0 Å². The Labute approximate surface area is 120 Å². The summed E-state index contributed by atoms with van der Waals surface area (Å²) in [4.78, 5) is 6.99. The van der Waals surface area contributed by atoms with Crippen LogP contribution in [0.1, 0.15) is 28.8 Å². The van der Waals surface area contributed by atoms with Gasteiger partial charge in [0.25, 0.3) is 0 Å². The van der Waals surface area contributed by atoms with Gasteiger partial charge in [0, 0.05) is 25.8 Å². The Balaban J connectivity index is 1.71. The molecule has 1 aromatic heterocycles. The first-order valence-electron chi connectivity index (χ1n) is 7.28. The molecule has 20 heavy (non-hydrogen) atoms. The van der Waals surface area contributed by atoms with E-state index in [1.807, 2.05) is 6.20 Å². The van der Waals surface area contributed by atoms with Crippen molar-refractivity contribution >= 4 is 0 Å². The number of pyridine rings is 1. The zero-order valence-electron chi connectivity index (χ0n) is 11.8. The Hall–Kier alpha value is -1.71. The molecule has 0 saturated heterocycles. The Morgan fingerprint density at radius 1 is 1.10 bits per heavy atom. The summed E-state index contributed by atoms with van der Waals surface area (Å²) in [7, 11) is 0. The summed E-state index contributed by atoms with van der Waals surface area (Å²) in [6, 6.07) is 13.0. The highest BCUT2D eigenvalue weighted by atomic mass is 15.1. The Kier molecular flexibility index (Phi) is 4.09. The van der Waals surface area contributed by atoms with E-state index in [0.717, 1.165) is 30.9 Å². The third-order valence-corrected chi connectivity index (χ3v) is 3.94. The maximum Gasteiger partial charge on any atom is 0.0544 e. The lowest BCUT2D eigenvalue weighted by molar-refractivity contribution is 0.258. The lowest BCUT2D eigenvalue weighted by Gasteiger charge is -2.20. The molecule has 0 saturated carbocycles. The Bertz CT molecular complexity index is 563. The minimum absolute atomic E-state index is 0.560. The molecular weight excluding hydrogens is 246 g/mol. The van der Waals surface area contributed by atoms with Crippen molar-refractivity contribution < 1.29 is 0 Å². The topological polar surface area (TPSA) is 42.1 Å². The number of nitrogens with two attached hydrogens (primary N) is 1. The van der Waals surface area contributed by atoms with E-state index in [2.05, 4.69) is 46.3 Å². The van der Waals surface area contributed by atoms with Gasteiger partial charge in [0.05, 0.1) is 5.69 Å². The molecule has 2 aromatic rings. The molecule has 0 aliphatic carbocycles. The summed E-state index contributed by atoms with van der Waals surface area (Å²) >= 11 is 0. The molecular formula is C17H21N3. The van der Waals surface area contributed by atoms with Gasteiger partial charge in [0.1, 0.15) is 0 Å². The summed E-state index contributed by atoms with van der Waals surface area (Å²) in [5, 5.41) is 0. The molecule has 3 rings (SSSR count). The molecule has 0 bridgehead atoms. The number of hydrogen-bond acceptors (Lipinski definition) is 3. The number of aryl methyl sites for hydroxylation is 1. The fourth-order valence-electron chi connectivity index (χ4n) is 2.80. The van der Waals surface area contributed by atoms with Crippen LogP contribution in [0, 0.1) is 0 Å². The van der Waals surface area contributed by atoms with Gasteiger partial charge >= 0.3 is 0 Å². The molecule has 0 radical (unpaired) electrons. The fraction of sp³-hybridized carbons (Fsp3) is 0.353. The van der Waals surface area contributed by atoms with Crippen molar-refractivity contribution in [2.24, 2.45) is 5.73 Å². The van der Waals surface area contributed by atoms with Crippen LogP contribution in [0.3, 0.4) is 0 Å². The second-order valence-corrected chi connectivity index (χ2v) is 5.44. The van der Waals surface area contributed by atoms with E-state index in [0.29, 0.717) is 6.54 Å². The molecule has 3 heteroatoms. The lowest BCUT2D eigenvalue weighted by Crippen LogP contribution is -2.23. The van der Waals surface area contributed by atoms with Crippen molar-refractivity contribution in [3.8, 4) is 0 Å². The summed E-state index contributed by atoms with van der Waals surface area (Å²) in [5.74, 6) is 0. The summed E-state index contributed by atoms with van der Waals surface area (Å²) in [5.41, 5.74) is 10.8. The van der Waals surface area contributed by atoms with Crippen molar-refractivity contribution in [2.75, 3.05) is 6.54 Å². The number of nitrogens with zero attached hydrogens (tertiary/aromatic N) is 2. The maximum absolute atomic E-state index is 5.61. The third-order valence-electron chi connectivity index (χ3n) is 3.94. The van der Waals surface area contributed by atoms with E-state index in [9.17, 15) is 0 Å². The molecule has 1 aliphatic rings. The van der Waals surface area contributed by atoms with Crippen LogP contribution in [0.25, 0.3) is 0 Å². The average Bonchev–Trinajstić information content (AvgIpc) is 2.69. The SMILES string of the molecule is NCc1ccc(CN2CCCc3ccccc3C2)nc1. The van der Waals surface area contributed by atoms with Crippen LogP contribution in [0.15, 0.2) is 42.6 Å². The highest BCUT2D eigenvalue weighted by molar-refractivity contribution is 5.28. The van der Waals surface area contributed by atoms with E-state index in [4.69, 9.17) is 5.73 Å². The monoisotopic (exact) mass is 267 g/mol. The number of rotatable bonds is 3. The molecule has 0 atom stereocenters. The van der Waals surface area contributed by atoms with Gasteiger partial charge in [0.15, 0.2) is 0 Å². The van der Waals surface area contributed by atoms with Crippen LogP contribution in [-0.4, -0.2) is 16.4 Å². The van der Waals surface area contributed by atoms with Gasteiger partial charge < -0.3 is 5.73 Å². The average molecular weight is 267 g/mol. The van der Waals surface area contributed by atoms with Crippen LogP contribution in [0.5, 0.6) is 0 Å². The summed E-state index contributed by atoms with van der Waals surface area (Å²) in [6.45, 7) is 3.63. The van der Waals surface area contributed by atoms with E-state index >= 15 is 0 Å². The molecule has 1 aliphatic heterocycles. The largest absolute Gasteiger partial charge is 0.326 e. The minimum atomic E-state index is 0.560. The maximum atomic E-state index is 5.61. The van der Waals surface area contributed by atoms with Gasteiger partial charge in [-0.05, 0) is 42.1 Å². The Morgan fingerprint density at radius 2 is 1.95 bits per heavy atom. The third kappa shape index (κ3) is 3.06. The van der Waals surface area contributed by atoms with Crippen LogP contribution in [0.2, 0.25) is 0 Å². The van der Waals surface area contributed by atoms with Crippen molar-refractivity contribution in [3.05, 3.63) is 65.0 Å². The number of hydrogen-bond donors (Lipinski definition) is 1. The zero-order valence-corrected chi connectivity index (χ0v) is 11.8. The first kappa shape index (κ1) is 13.3. The first-order valence-corrected chi connectivity index (χ1v) is 7.28.